The number of anilines is 1. The quantitative estimate of drug-likeness (QED) is 0.721. The number of nitrogens with two attached hydrogens (primary N) is 1. The fourth-order valence-corrected chi connectivity index (χ4v) is 2.48. The Morgan fingerprint density at radius 3 is 2.60 bits per heavy atom. The molecule has 0 spiro atoms. The Kier molecular flexibility index (Phi) is 6.25. The number of hydrogen-bond acceptors (Lipinski definition) is 4. The van der Waals surface area contributed by atoms with E-state index < -0.39 is 5.54 Å². The van der Waals surface area contributed by atoms with E-state index in [1.807, 2.05) is 25.1 Å². The molecule has 2 amide bonds. The Hall–Kier alpha value is -2.73. The average molecular weight is 340 g/mol. The smallest absolute Gasteiger partial charge is 0.255 e. The number of nitrogens with zero attached hydrogens (tertiary/aromatic N) is 1. The molecule has 1 aromatic heterocycles. The lowest BCUT2D eigenvalue weighted by Crippen LogP contribution is -2.51. The predicted octanol–water partition coefficient (Wildman–Crippen LogP) is 2.47. The Labute approximate surface area is 147 Å². The Balaban J connectivity index is 1.97. The molecular weight excluding hydrogens is 316 g/mol. The molecule has 0 radical (unpaired) electrons. The van der Waals surface area contributed by atoms with E-state index in [9.17, 15) is 9.59 Å². The second kappa shape index (κ2) is 8.39. The van der Waals surface area contributed by atoms with Crippen LogP contribution in [0.25, 0.3) is 0 Å². The number of aromatic nitrogens is 1. The highest BCUT2D eigenvalue weighted by Gasteiger charge is 2.26. The molecule has 1 unspecified atom stereocenters. The Bertz CT molecular complexity index is 729. The normalized spacial score (nSPS) is 12.9. The molecule has 2 rings (SSSR count). The lowest BCUT2D eigenvalue weighted by atomic mass is 9.96. The molecule has 0 aliphatic rings. The molecule has 6 heteroatoms. The van der Waals surface area contributed by atoms with Crippen molar-refractivity contribution in [1.29, 1.82) is 0 Å². The van der Waals surface area contributed by atoms with Gasteiger partial charge in [0.15, 0.2) is 0 Å². The Morgan fingerprint density at radius 1 is 1.20 bits per heavy atom. The molecule has 0 aliphatic heterocycles. The summed E-state index contributed by atoms with van der Waals surface area (Å²) < 4.78 is 0. The number of carbonyl (C=O) groups excluding carboxylic acids is 2. The number of benzene rings is 1. The van der Waals surface area contributed by atoms with Gasteiger partial charge in [0.25, 0.3) is 5.91 Å². The van der Waals surface area contributed by atoms with Gasteiger partial charge in [0.2, 0.25) is 5.91 Å². The van der Waals surface area contributed by atoms with Crippen molar-refractivity contribution in [2.45, 2.75) is 38.8 Å². The average Bonchev–Trinajstić information content (AvgIpc) is 2.60. The van der Waals surface area contributed by atoms with Crippen LogP contribution in [0.5, 0.6) is 0 Å². The van der Waals surface area contributed by atoms with Gasteiger partial charge in [-0.3, -0.25) is 14.6 Å². The molecule has 0 fully saturated rings. The molecule has 0 saturated heterocycles. The van der Waals surface area contributed by atoms with E-state index in [1.165, 1.54) is 0 Å². The molecule has 132 valence electrons. The SMILES string of the molecule is CCCC(C)(N)C(=O)NCc1cccc(NC(=O)c2ccncc2)c1. The molecule has 6 nitrogen and oxygen atoms in total. The lowest BCUT2D eigenvalue weighted by Gasteiger charge is -2.22. The number of amides is 2. The van der Waals surface area contributed by atoms with E-state index in [1.54, 1.807) is 37.5 Å². The Morgan fingerprint density at radius 2 is 1.92 bits per heavy atom. The molecule has 0 bridgehead atoms. The van der Waals surface area contributed by atoms with E-state index in [-0.39, 0.29) is 11.8 Å². The van der Waals surface area contributed by atoms with Crippen LogP contribution in [0, 0.1) is 0 Å². The van der Waals surface area contributed by atoms with Gasteiger partial charge in [0, 0.05) is 30.2 Å². The van der Waals surface area contributed by atoms with E-state index in [4.69, 9.17) is 5.73 Å². The molecule has 2 aromatic rings. The largest absolute Gasteiger partial charge is 0.350 e. The molecule has 1 aromatic carbocycles. The van der Waals surface area contributed by atoms with Gasteiger partial charge in [-0.25, -0.2) is 0 Å². The zero-order chi connectivity index (χ0) is 18.3. The van der Waals surface area contributed by atoms with Crippen molar-refractivity contribution in [3.8, 4) is 0 Å². The van der Waals surface area contributed by atoms with E-state index >= 15 is 0 Å². The first-order valence-corrected chi connectivity index (χ1v) is 8.30. The number of rotatable bonds is 7. The summed E-state index contributed by atoms with van der Waals surface area (Å²) in [5, 5.41) is 5.68. The van der Waals surface area contributed by atoms with Crippen LogP contribution >= 0.6 is 0 Å². The van der Waals surface area contributed by atoms with Crippen LogP contribution in [0.4, 0.5) is 5.69 Å². The first-order valence-electron chi connectivity index (χ1n) is 8.30. The van der Waals surface area contributed by atoms with Crippen LogP contribution in [0.1, 0.15) is 42.6 Å². The molecule has 1 heterocycles. The standard InChI is InChI=1S/C19H24N4O2/c1-3-9-19(2,20)18(25)22-13-14-5-4-6-16(12-14)23-17(24)15-7-10-21-11-8-15/h4-8,10-12H,3,9,13,20H2,1-2H3,(H,22,25)(H,23,24). The molecule has 4 N–H and O–H groups in total. The molecule has 0 aliphatic carbocycles. The molecule has 25 heavy (non-hydrogen) atoms. The number of nitrogens with one attached hydrogen (secondary N) is 2. The summed E-state index contributed by atoms with van der Waals surface area (Å²) in [6.07, 6.45) is 4.61. The van der Waals surface area contributed by atoms with Gasteiger partial charge in [-0.05, 0) is 43.2 Å². The molecular formula is C19H24N4O2. The third kappa shape index (κ3) is 5.39. The second-order valence-electron chi connectivity index (χ2n) is 6.24. The summed E-state index contributed by atoms with van der Waals surface area (Å²) in [5.74, 6) is -0.387. The van der Waals surface area contributed by atoms with Crippen LogP contribution < -0.4 is 16.4 Å². The molecule has 0 saturated carbocycles. The van der Waals surface area contributed by atoms with Crippen molar-refractivity contribution in [1.82, 2.24) is 10.3 Å². The van der Waals surface area contributed by atoms with Gasteiger partial charge in [-0.1, -0.05) is 25.5 Å². The van der Waals surface area contributed by atoms with Crippen LogP contribution in [-0.2, 0) is 11.3 Å². The fourth-order valence-electron chi connectivity index (χ4n) is 2.48. The topological polar surface area (TPSA) is 97.1 Å². The van der Waals surface area contributed by atoms with Crippen LogP contribution in [0.15, 0.2) is 48.8 Å². The fraction of sp³-hybridized carbons (Fsp3) is 0.316. The zero-order valence-corrected chi connectivity index (χ0v) is 14.6. The number of hydrogen-bond donors (Lipinski definition) is 3. The highest BCUT2D eigenvalue weighted by Crippen LogP contribution is 2.13. The third-order valence-electron chi connectivity index (χ3n) is 3.87. The summed E-state index contributed by atoms with van der Waals surface area (Å²) in [5.41, 5.74) is 7.23. The van der Waals surface area contributed by atoms with Gasteiger partial charge in [-0.2, -0.15) is 0 Å². The van der Waals surface area contributed by atoms with Gasteiger partial charge in [0.1, 0.15) is 0 Å². The minimum Gasteiger partial charge on any atom is -0.350 e. The summed E-state index contributed by atoms with van der Waals surface area (Å²) >= 11 is 0. The summed E-state index contributed by atoms with van der Waals surface area (Å²) in [6, 6.07) is 10.6. The van der Waals surface area contributed by atoms with Crippen molar-refractivity contribution in [2.75, 3.05) is 5.32 Å². The maximum Gasteiger partial charge on any atom is 0.255 e. The summed E-state index contributed by atoms with van der Waals surface area (Å²) in [7, 11) is 0. The highest BCUT2D eigenvalue weighted by molar-refractivity contribution is 6.04. The van der Waals surface area contributed by atoms with Crippen molar-refractivity contribution in [2.24, 2.45) is 5.73 Å². The maximum atomic E-state index is 12.2. The summed E-state index contributed by atoms with van der Waals surface area (Å²) in [4.78, 5) is 28.2. The van der Waals surface area contributed by atoms with E-state index in [0.717, 1.165) is 12.0 Å². The maximum absolute atomic E-state index is 12.2. The lowest BCUT2D eigenvalue weighted by molar-refractivity contribution is -0.126. The van der Waals surface area contributed by atoms with Crippen LogP contribution in [0.3, 0.4) is 0 Å². The first-order chi connectivity index (χ1) is 11.9. The number of carbonyl (C=O) groups is 2. The minimum absolute atomic E-state index is 0.180. The van der Waals surface area contributed by atoms with E-state index in [2.05, 4.69) is 15.6 Å². The minimum atomic E-state index is -0.873. The first kappa shape index (κ1) is 18.6. The summed E-state index contributed by atoms with van der Waals surface area (Å²) in [6.45, 7) is 4.08. The third-order valence-corrected chi connectivity index (χ3v) is 3.87. The van der Waals surface area contributed by atoms with E-state index in [0.29, 0.717) is 24.2 Å². The van der Waals surface area contributed by atoms with Gasteiger partial charge < -0.3 is 16.4 Å². The second-order valence-corrected chi connectivity index (χ2v) is 6.24. The number of pyridine rings is 1. The van der Waals surface area contributed by atoms with Crippen LogP contribution in [0.2, 0.25) is 0 Å². The monoisotopic (exact) mass is 340 g/mol. The highest BCUT2D eigenvalue weighted by atomic mass is 16.2. The van der Waals surface area contributed by atoms with Gasteiger partial charge >= 0.3 is 0 Å². The van der Waals surface area contributed by atoms with Gasteiger partial charge in [-0.15, -0.1) is 0 Å². The van der Waals surface area contributed by atoms with Gasteiger partial charge in [0.05, 0.1) is 5.54 Å². The van der Waals surface area contributed by atoms with Crippen molar-refractivity contribution in [3.05, 3.63) is 59.9 Å². The van der Waals surface area contributed by atoms with Crippen molar-refractivity contribution < 1.29 is 9.59 Å². The van der Waals surface area contributed by atoms with Crippen LogP contribution in [-0.4, -0.2) is 22.3 Å². The van der Waals surface area contributed by atoms with Crippen molar-refractivity contribution >= 4 is 17.5 Å². The zero-order valence-electron chi connectivity index (χ0n) is 14.6. The predicted molar refractivity (Wildman–Crippen MR) is 98.0 cm³/mol. The van der Waals surface area contributed by atoms with Crippen molar-refractivity contribution in [3.63, 3.8) is 0 Å². The molecule has 1 atom stereocenters.